The minimum Gasteiger partial charge on any atom is -0.370 e. The zero-order valence-corrected chi connectivity index (χ0v) is 11.5. The van der Waals surface area contributed by atoms with Crippen LogP contribution in [0.5, 0.6) is 0 Å². The fourth-order valence-electron chi connectivity index (χ4n) is 2.44. The summed E-state index contributed by atoms with van der Waals surface area (Å²) in [5.41, 5.74) is 0. The first-order valence-electron chi connectivity index (χ1n) is 7.14. The maximum atomic E-state index is 4.47. The predicted molar refractivity (Wildman–Crippen MR) is 76.0 cm³/mol. The molecule has 100 valence electrons. The van der Waals surface area contributed by atoms with E-state index in [1.807, 2.05) is 13.0 Å². The molecular formula is C14H24N4. The van der Waals surface area contributed by atoms with Gasteiger partial charge in [-0.05, 0) is 26.2 Å². The first-order valence-corrected chi connectivity index (χ1v) is 7.14. The molecule has 1 aromatic heterocycles. The van der Waals surface area contributed by atoms with Gasteiger partial charge < -0.3 is 10.6 Å². The van der Waals surface area contributed by atoms with Gasteiger partial charge in [-0.2, -0.15) is 0 Å². The number of anilines is 2. The van der Waals surface area contributed by atoms with E-state index in [4.69, 9.17) is 0 Å². The molecule has 0 amide bonds. The highest BCUT2D eigenvalue weighted by Crippen LogP contribution is 2.21. The maximum absolute atomic E-state index is 4.47. The van der Waals surface area contributed by atoms with Crippen molar-refractivity contribution < 1.29 is 0 Å². The highest BCUT2D eigenvalue weighted by atomic mass is 15.1. The van der Waals surface area contributed by atoms with E-state index in [-0.39, 0.29) is 0 Å². The monoisotopic (exact) mass is 248 g/mol. The Bertz CT molecular complexity index is 372. The van der Waals surface area contributed by atoms with Gasteiger partial charge in [0.05, 0.1) is 0 Å². The van der Waals surface area contributed by atoms with E-state index >= 15 is 0 Å². The van der Waals surface area contributed by atoms with Crippen LogP contribution < -0.4 is 10.6 Å². The third kappa shape index (κ3) is 3.86. The smallest absolute Gasteiger partial charge is 0.132 e. The molecule has 1 aliphatic carbocycles. The van der Waals surface area contributed by atoms with Gasteiger partial charge in [0.1, 0.15) is 17.5 Å². The molecule has 2 N–H and O–H groups in total. The predicted octanol–water partition coefficient (Wildman–Crippen LogP) is 3.35. The van der Waals surface area contributed by atoms with Gasteiger partial charge in [-0.15, -0.1) is 0 Å². The van der Waals surface area contributed by atoms with Crippen LogP contribution in [-0.2, 0) is 0 Å². The molecule has 4 nitrogen and oxygen atoms in total. The van der Waals surface area contributed by atoms with Gasteiger partial charge >= 0.3 is 0 Å². The molecule has 0 aromatic carbocycles. The van der Waals surface area contributed by atoms with Gasteiger partial charge in [0.25, 0.3) is 0 Å². The number of rotatable bonds is 5. The SMILES string of the molecule is CCCNc1cc(NC2CCCCC2)nc(C)n1. The molecule has 0 atom stereocenters. The van der Waals surface area contributed by atoms with Gasteiger partial charge in [-0.25, -0.2) is 9.97 Å². The molecule has 1 aromatic rings. The van der Waals surface area contributed by atoms with E-state index in [0.29, 0.717) is 6.04 Å². The zero-order valence-electron chi connectivity index (χ0n) is 11.5. The zero-order chi connectivity index (χ0) is 12.8. The number of nitrogens with zero attached hydrogens (tertiary/aromatic N) is 2. The van der Waals surface area contributed by atoms with E-state index in [9.17, 15) is 0 Å². The molecular weight excluding hydrogens is 224 g/mol. The number of hydrogen-bond donors (Lipinski definition) is 2. The largest absolute Gasteiger partial charge is 0.370 e. The number of aromatic nitrogens is 2. The lowest BCUT2D eigenvalue weighted by molar-refractivity contribution is 0.462. The van der Waals surface area contributed by atoms with E-state index in [0.717, 1.165) is 30.4 Å². The number of nitrogens with one attached hydrogen (secondary N) is 2. The van der Waals surface area contributed by atoms with Crippen molar-refractivity contribution >= 4 is 11.6 Å². The normalized spacial score (nSPS) is 16.6. The fraction of sp³-hybridized carbons (Fsp3) is 0.714. The quantitative estimate of drug-likeness (QED) is 0.839. The van der Waals surface area contributed by atoms with Crippen molar-refractivity contribution in [3.8, 4) is 0 Å². The Kier molecular flexibility index (Phi) is 4.79. The van der Waals surface area contributed by atoms with Crippen LogP contribution in [0.4, 0.5) is 11.6 Å². The second-order valence-corrected chi connectivity index (χ2v) is 5.09. The highest BCUT2D eigenvalue weighted by Gasteiger charge is 2.14. The van der Waals surface area contributed by atoms with Crippen molar-refractivity contribution in [3.63, 3.8) is 0 Å². The van der Waals surface area contributed by atoms with Crippen LogP contribution in [0.25, 0.3) is 0 Å². The second-order valence-electron chi connectivity index (χ2n) is 5.09. The summed E-state index contributed by atoms with van der Waals surface area (Å²) >= 11 is 0. The lowest BCUT2D eigenvalue weighted by Crippen LogP contribution is -2.23. The maximum Gasteiger partial charge on any atom is 0.132 e. The lowest BCUT2D eigenvalue weighted by Gasteiger charge is -2.23. The van der Waals surface area contributed by atoms with Gasteiger partial charge in [0.15, 0.2) is 0 Å². The molecule has 0 radical (unpaired) electrons. The van der Waals surface area contributed by atoms with Crippen molar-refractivity contribution in [2.24, 2.45) is 0 Å². The third-order valence-electron chi connectivity index (χ3n) is 3.35. The Morgan fingerprint density at radius 1 is 1.17 bits per heavy atom. The molecule has 1 saturated carbocycles. The second kappa shape index (κ2) is 6.57. The molecule has 2 rings (SSSR count). The van der Waals surface area contributed by atoms with E-state index < -0.39 is 0 Å². The summed E-state index contributed by atoms with van der Waals surface area (Å²) in [6.07, 6.45) is 7.69. The van der Waals surface area contributed by atoms with Gasteiger partial charge in [-0.3, -0.25) is 0 Å². The summed E-state index contributed by atoms with van der Waals surface area (Å²) in [6.45, 7) is 5.06. The van der Waals surface area contributed by atoms with E-state index in [1.54, 1.807) is 0 Å². The Hall–Kier alpha value is -1.32. The molecule has 18 heavy (non-hydrogen) atoms. The van der Waals surface area contributed by atoms with Gasteiger partial charge in [0.2, 0.25) is 0 Å². The molecule has 1 fully saturated rings. The van der Waals surface area contributed by atoms with E-state index in [2.05, 4.69) is 27.5 Å². The lowest BCUT2D eigenvalue weighted by atomic mass is 9.95. The van der Waals surface area contributed by atoms with Crippen molar-refractivity contribution in [1.82, 2.24) is 9.97 Å². The summed E-state index contributed by atoms with van der Waals surface area (Å²) in [4.78, 5) is 8.88. The molecule has 1 heterocycles. The Morgan fingerprint density at radius 2 is 1.89 bits per heavy atom. The van der Waals surface area contributed by atoms with Crippen LogP contribution in [0.1, 0.15) is 51.3 Å². The molecule has 1 aliphatic rings. The fourth-order valence-corrected chi connectivity index (χ4v) is 2.44. The number of hydrogen-bond acceptors (Lipinski definition) is 4. The third-order valence-corrected chi connectivity index (χ3v) is 3.35. The van der Waals surface area contributed by atoms with Crippen LogP contribution in [0.2, 0.25) is 0 Å². The molecule has 0 bridgehead atoms. The highest BCUT2D eigenvalue weighted by molar-refractivity contribution is 5.48. The summed E-state index contributed by atoms with van der Waals surface area (Å²) in [6, 6.07) is 2.61. The van der Waals surface area contributed by atoms with Crippen LogP contribution >= 0.6 is 0 Å². The number of aryl methyl sites for hydroxylation is 1. The minimum absolute atomic E-state index is 0.590. The van der Waals surface area contributed by atoms with Crippen molar-refractivity contribution in [2.75, 3.05) is 17.2 Å². The first kappa shape index (κ1) is 13.1. The van der Waals surface area contributed by atoms with Crippen molar-refractivity contribution in [2.45, 2.75) is 58.4 Å². The standard InChI is InChI=1S/C14H24N4/c1-3-9-15-13-10-14(17-11(2)16-13)18-12-7-5-4-6-8-12/h10,12H,3-9H2,1-2H3,(H2,15,16,17,18). The van der Waals surface area contributed by atoms with Crippen molar-refractivity contribution in [3.05, 3.63) is 11.9 Å². The molecule has 0 saturated heterocycles. The summed E-state index contributed by atoms with van der Waals surface area (Å²) in [5.74, 6) is 2.73. The molecule has 0 unspecified atom stereocenters. The van der Waals surface area contributed by atoms with Crippen LogP contribution in [0.3, 0.4) is 0 Å². The summed E-state index contributed by atoms with van der Waals surface area (Å²) < 4.78 is 0. The van der Waals surface area contributed by atoms with Crippen LogP contribution in [-0.4, -0.2) is 22.6 Å². The molecule has 4 heteroatoms. The Balaban J connectivity index is 1.99. The minimum atomic E-state index is 0.590. The molecule has 0 spiro atoms. The van der Waals surface area contributed by atoms with E-state index in [1.165, 1.54) is 32.1 Å². The van der Waals surface area contributed by atoms with Crippen molar-refractivity contribution in [1.29, 1.82) is 0 Å². The summed E-state index contributed by atoms with van der Waals surface area (Å²) in [7, 11) is 0. The van der Waals surface area contributed by atoms with Gasteiger partial charge in [-0.1, -0.05) is 26.2 Å². The molecule has 0 aliphatic heterocycles. The topological polar surface area (TPSA) is 49.8 Å². The first-order chi connectivity index (χ1) is 8.78. The Labute approximate surface area is 110 Å². The Morgan fingerprint density at radius 3 is 2.61 bits per heavy atom. The summed E-state index contributed by atoms with van der Waals surface area (Å²) in [5, 5.41) is 6.87. The average Bonchev–Trinajstić information content (AvgIpc) is 2.37. The average molecular weight is 248 g/mol. The van der Waals surface area contributed by atoms with Crippen LogP contribution in [0.15, 0.2) is 6.07 Å². The van der Waals surface area contributed by atoms with Gasteiger partial charge in [0, 0.05) is 18.7 Å². The van der Waals surface area contributed by atoms with Crippen LogP contribution in [0, 0.1) is 6.92 Å².